The molecule has 25 heavy (non-hydrogen) atoms. The van der Waals surface area contributed by atoms with Gasteiger partial charge in [0.15, 0.2) is 0 Å². The maximum atomic E-state index is 6.68. The van der Waals surface area contributed by atoms with Crippen LogP contribution in [0.4, 0.5) is 0 Å². The first-order valence-corrected chi connectivity index (χ1v) is 9.47. The number of fused-ring (bicyclic) bond motifs is 1. The highest BCUT2D eigenvalue weighted by Gasteiger charge is 2.40. The number of nitrogens with zero attached hydrogens (tertiary/aromatic N) is 1. The number of hydrogen-bond acceptors (Lipinski definition) is 3. The molecule has 1 aliphatic carbocycles. The van der Waals surface area contributed by atoms with E-state index in [1.165, 1.54) is 24.0 Å². The molecule has 0 saturated heterocycles. The Balaban J connectivity index is 1.60. The molecule has 0 radical (unpaired) electrons. The second kappa shape index (κ2) is 7.19. The van der Waals surface area contributed by atoms with E-state index < -0.39 is 0 Å². The van der Waals surface area contributed by atoms with Crippen molar-refractivity contribution in [3.05, 3.63) is 65.7 Å². The average Bonchev–Trinajstić information content (AvgIpc) is 2.79. The Morgan fingerprint density at radius 3 is 2.52 bits per heavy atom. The van der Waals surface area contributed by atoms with Gasteiger partial charge in [-0.25, -0.2) is 0 Å². The van der Waals surface area contributed by atoms with Crippen molar-refractivity contribution >= 4 is 0 Å². The largest absolute Gasteiger partial charge is 0.486 e. The van der Waals surface area contributed by atoms with Crippen molar-refractivity contribution in [3.63, 3.8) is 0 Å². The highest BCUT2D eigenvalue weighted by Crippen LogP contribution is 2.38. The van der Waals surface area contributed by atoms with Crippen molar-refractivity contribution in [3.8, 4) is 5.75 Å². The molecule has 1 heterocycles. The van der Waals surface area contributed by atoms with Crippen molar-refractivity contribution < 1.29 is 4.74 Å². The van der Waals surface area contributed by atoms with Gasteiger partial charge < -0.3 is 10.1 Å². The van der Waals surface area contributed by atoms with Crippen LogP contribution in [0.2, 0.25) is 0 Å². The zero-order valence-corrected chi connectivity index (χ0v) is 15.1. The summed E-state index contributed by atoms with van der Waals surface area (Å²) in [4.78, 5) is 2.57. The fourth-order valence-electron chi connectivity index (χ4n) is 4.35. The minimum Gasteiger partial charge on any atom is -0.486 e. The van der Waals surface area contributed by atoms with E-state index in [4.69, 9.17) is 4.74 Å². The highest BCUT2D eigenvalue weighted by atomic mass is 16.5. The molecule has 3 heteroatoms. The maximum Gasteiger partial charge on any atom is 0.124 e. The van der Waals surface area contributed by atoms with E-state index in [-0.39, 0.29) is 5.60 Å². The third kappa shape index (κ3) is 3.73. The Labute approximate surface area is 151 Å². The van der Waals surface area contributed by atoms with Crippen molar-refractivity contribution in [1.29, 1.82) is 0 Å². The monoisotopic (exact) mass is 336 g/mol. The molecule has 132 valence electrons. The van der Waals surface area contributed by atoms with Crippen LogP contribution in [0.25, 0.3) is 0 Å². The zero-order valence-electron chi connectivity index (χ0n) is 15.1. The van der Waals surface area contributed by atoms with Gasteiger partial charge in [0.05, 0.1) is 0 Å². The molecule has 1 fully saturated rings. The van der Waals surface area contributed by atoms with Gasteiger partial charge in [-0.2, -0.15) is 0 Å². The Kier molecular flexibility index (Phi) is 4.78. The second-order valence-corrected chi connectivity index (χ2v) is 7.59. The smallest absolute Gasteiger partial charge is 0.124 e. The second-order valence-electron chi connectivity index (χ2n) is 7.59. The predicted molar refractivity (Wildman–Crippen MR) is 102 cm³/mol. The minimum atomic E-state index is -0.0469. The number of hydrogen-bond donors (Lipinski definition) is 1. The van der Waals surface area contributed by atoms with Crippen molar-refractivity contribution in [1.82, 2.24) is 10.2 Å². The Morgan fingerprint density at radius 2 is 1.76 bits per heavy atom. The minimum absolute atomic E-state index is 0.0469. The first-order chi connectivity index (χ1) is 12.3. The summed E-state index contributed by atoms with van der Waals surface area (Å²) in [5.41, 5.74) is 2.64. The lowest BCUT2D eigenvalue weighted by Gasteiger charge is -2.41. The van der Waals surface area contributed by atoms with E-state index in [0.717, 1.165) is 38.2 Å². The molecule has 2 aliphatic rings. The predicted octanol–water partition coefficient (Wildman–Crippen LogP) is 3.98. The van der Waals surface area contributed by atoms with E-state index in [1.807, 2.05) is 0 Å². The molecule has 1 spiro atoms. The lowest BCUT2D eigenvalue weighted by molar-refractivity contribution is -0.00320. The Bertz CT molecular complexity index is 692. The molecule has 0 atom stereocenters. The summed E-state index contributed by atoms with van der Waals surface area (Å²) < 4.78 is 6.68. The average molecular weight is 336 g/mol. The lowest BCUT2D eigenvalue weighted by atomic mass is 9.81. The van der Waals surface area contributed by atoms with E-state index in [2.05, 4.69) is 71.9 Å². The molecule has 0 bridgehead atoms. The van der Waals surface area contributed by atoms with Gasteiger partial charge in [0.25, 0.3) is 0 Å². The molecule has 0 unspecified atom stereocenters. The number of nitrogens with one attached hydrogen (secondary N) is 1. The fraction of sp³-hybridized carbons (Fsp3) is 0.455. The SMILES string of the molecule is CNC1CCC2(CC1)CN(Cc1ccccc1)Cc1ccccc1O2. The summed E-state index contributed by atoms with van der Waals surface area (Å²) in [5, 5.41) is 3.44. The number of rotatable bonds is 3. The van der Waals surface area contributed by atoms with E-state index in [9.17, 15) is 0 Å². The summed E-state index contributed by atoms with van der Waals surface area (Å²) in [6, 6.07) is 20.0. The van der Waals surface area contributed by atoms with Gasteiger partial charge in [-0.15, -0.1) is 0 Å². The van der Waals surface area contributed by atoms with Crippen LogP contribution in [0.15, 0.2) is 54.6 Å². The summed E-state index contributed by atoms with van der Waals surface area (Å²) in [6.07, 6.45) is 4.63. The summed E-state index contributed by atoms with van der Waals surface area (Å²) >= 11 is 0. The molecule has 3 nitrogen and oxygen atoms in total. The normalized spacial score (nSPS) is 26.7. The fourth-order valence-corrected chi connectivity index (χ4v) is 4.35. The number of para-hydroxylation sites is 1. The van der Waals surface area contributed by atoms with Gasteiger partial charge in [0.2, 0.25) is 0 Å². The van der Waals surface area contributed by atoms with Crippen molar-refractivity contribution in [2.45, 2.75) is 50.4 Å². The zero-order chi connectivity index (χ0) is 17.1. The van der Waals surface area contributed by atoms with Gasteiger partial charge in [-0.05, 0) is 44.4 Å². The molecule has 1 N–H and O–H groups in total. The molecule has 2 aromatic carbocycles. The van der Waals surface area contributed by atoms with Crippen LogP contribution in [0, 0.1) is 0 Å². The molecule has 1 aliphatic heterocycles. The van der Waals surface area contributed by atoms with Crippen molar-refractivity contribution in [2.75, 3.05) is 13.6 Å². The van der Waals surface area contributed by atoms with Gasteiger partial charge in [-0.1, -0.05) is 48.5 Å². The first kappa shape index (κ1) is 16.6. The summed E-state index contributed by atoms with van der Waals surface area (Å²) in [6.45, 7) is 2.95. The first-order valence-electron chi connectivity index (χ1n) is 9.47. The third-order valence-corrected chi connectivity index (χ3v) is 5.76. The lowest BCUT2D eigenvalue weighted by Crippen LogP contribution is -2.50. The molecule has 0 aromatic heterocycles. The van der Waals surface area contributed by atoms with E-state index in [0.29, 0.717) is 6.04 Å². The van der Waals surface area contributed by atoms with Crippen LogP contribution in [-0.4, -0.2) is 30.1 Å². The Hall–Kier alpha value is -1.84. The molecule has 2 aromatic rings. The van der Waals surface area contributed by atoms with Gasteiger partial charge in [0.1, 0.15) is 11.4 Å². The summed E-state index contributed by atoms with van der Waals surface area (Å²) in [7, 11) is 2.08. The Morgan fingerprint density at radius 1 is 1.04 bits per heavy atom. The van der Waals surface area contributed by atoms with Crippen LogP contribution >= 0.6 is 0 Å². The standard InChI is InChI=1S/C22H28N2O/c1-23-20-11-13-22(14-12-20)17-24(15-18-7-3-2-4-8-18)16-19-9-5-6-10-21(19)25-22/h2-10,20,23H,11-17H2,1H3. The molecule has 1 saturated carbocycles. The van der Waals surface area contributed by atoms with Gasteiger partial charge in [-0.3, -0.25) is 4.90 Å². The van der Waals surface area contributed by atoms with Crippen LogP contribution in [0.1, 0.15) is 36.8 Å². The molecule has 0 amide bonds. The van der Waals surface area contributed by atoms with Crippen LogP contribution in [-0.2, 0) is 13.1 Å². The van der Waals surface area contributed by atoms with Crippen LogP contribution in [0.5, 0.6) is 5.75 Å². The van der Waals surface area contributed by atoms with Gasteiger partial charge >= 0.3 is 0 Å². The summed E-state index contributed by atoms with van der Waals surface area (Å²) in [5.74, 6) is 1.08. The molecular formula is C22H28N2O. The quantitative estimate of drug-likeness (QED) is 0.917. The third-order valence-electron chi connectivity index (χ3n) is 5.76. The van der Waals surface area contributed by atoms with Crippen molar-refractivity contribution in [2.24, 2.45) is 0 Å². The number of benzene rings is 2. The topological polar surface area (TPSA) is 24.5 Å². The highest BCUT2D eigenvalue weighted by molar-refractivity contribution is 5.35. The molecular weight excluding hydrogens is 308 g/mol. The number of ether oxygens (including phenoxy) is 1. The van der Waals surface area contributed by atoms with Crippen LogP contribution in [0.3, 0.4) is 0 Å². The molecule has 4 rings (SSSR count). The maximum absolute atomic E-state index is 6.68. The van der Waals surface area contributed by atoms with E-state index >= 15 is 0 Å². The van der Waals surface area contributed by atoms with Crippen LogP contribution < -0.4 is 10.1 Å². The van der Waals surface area contributed by atoms with Gasteiger partial charge in [0, 0.05) is 31.2 Å². The van der Waals surface area contributed by atoms with E-state index in [1.54, 1.807) is 0 Å².